The number of phenols is 1. The Labute approximate surface area is 309 Å². The number of rotatable bonds is 16. The molecule has 0 saturated carbocycles. The van der Waals surface area contributed by atoms with Crippen molar-refractivity contribution >= 4 is 24.1 Å². The van der Waals surface area contributed by atoms with Crippen LogP contribution in [0.1, 0.15) is 11.1 Å². The van der Waals surface area contributed by atoms with Crippen molar-refractivity contribution in [1.82, 2.24) is 0 Å². The van der Waals surface area contributed by atoms with Gasteiger partial charge in [0.15, 0.2) is 35.4 Å². The third-order valence-electron chi connectivity index (χ3n) is 8.51. The fourth-order valence-electron chi connectivity index (χ4n) is 5.67. The van der Waals surface area contributed by atoms with Gasteiger partial charge in [0.2, 0.25) is 17.3 Å². The number of esters is 2. The van der Waals surface area contributed by atoms with Gasteiger partial charge in [-0.05, 0) is 47.5 Å². The molecule has 0 radical (unpaired) electrons. The van der Waals surface area contributed by atoms with Crippen LogP contribution in [0.15, 0.2) is 36.4 Å². The molecule has 2 aliphatic heterocycles. The van der Waals surface area contributed by atoms with Crippen molar-refractivity contribution in [3.8, 4) is 34.5 Å². The summed E-state index contributed by atoms with van der Waals surface area (Å²) < 4.78 is 53.6. The summed E-state index contributed by atoms with van der Waals surface area (Å²) in [6.07, 6.45) is -9.75. The summed E-state index contributed by atoms with van der Waals surface area (Å²) in [5.41, 5.74) is 0.803. The van der Waals surface area contributed by atoms with Gasteiger partial charge in [-0.25, -0.2) is 9.59 Å². The molecule has 2 aromatic rings. The number of carbonyl (C=O) groups is 2. The van der Waals surface area contributed by atoms with Crippen LogP contribution >= 0.6 is 0 Å². The maximum absolute atomic E-state index is 13.0. The summed E-state index contributed by atoms with van der Waals surface area (Å²) in [5.74, 6) is -3.69. The molecule has 0 unspecified atom stereocenters. The Hall–Kier alpha value is -4.70. The van der Waals surface area contributed by atoms with Gasteiger partial charge in [0.1, 0.15) is 49.8 Å². The van der Waals surface area contributed by atoms with Gasteiger partial charge in [-0.15, -0.1) is 0 Å². The molecule has 54 heavy (non-hydrogen) atoms. The van der Waals surface area contributed by atoms with E-state index in [0.717, 1.165) is 12.2 Å². The second kappa shape index (κ2) is 18.6. The summed E-state index contributed by atoms with van der Waals surface area (Å²) in [7, 11) is 6.89. The molecule has 0 amide bonds. The first kappa shape index (κ1) is 42.0. The van der Waals surface area contributed by atoms with E-state index in [1.165, 1.54) is 72.0 Å². The van der Waals surface area contributed by atoms with Gasteiger partial charge < -0.3 is 83.1 Å². The van der Waals surface area contributed by atoms with Gasteiger partial charge in [0.25, 0.3) is 0 Å². The minimum Gasteiger partial charge on any atom is -0.502 e. The maximum atomic E-state index is 13.0. The van der Waals surface area contributed by atoms with E-state index in [9.17, 15) is 45.3 Å². The first-order valence-electron chi connectivity index (χ1n) is 16.2. The quantitative estimate of drug-likeness (QED) is 0.0788. The summed E-state index contributed by atoms with van der Waals surface area (Å²) in [6.45, 7) is -2.65. The zero-order valence-corrected chi connectivity index (χ0v) is 29.9. The molecule has 0 bridgehead atoms. The Kier molecular flexibility index (Phi) is 14.5. The van der Waals surface area contributed by atoms with Gasteiger partial charge in [-0.3, -0.25) is 0 Å². The highest BCUT2D eigenvalue weighted by Gasteiger charge is 2.60. The highest BCUT2D eigenvalue weighted by molar-refractivity contribution is 5.88. The van der Waals surface area contributed by atoms with Crippen LogP contribution in [0.3, 0.4) is 0 Å². The SMILES string of the molecule is COc1cc(/C=C/C(=O)OC[C@@H]2O[C@@H](O[C@@]3(CO)O[C@@H](CO)[C@H](O)[C@H]3OC(=O)/C=C/c3cc(OC)c(OC)c(OC)c3)[C@@H](O)[C@H](O)[C@H]2O)cc(OC)c1O. The highest BCUT2D eigenvalue weighted by atomic mass is 16.8. The molecule has 2 heterocycles. The Bertz CT molecular complexity index is 1610. The third-order valence-corrected chi connectivity index (χ3v) is 8.51. The molecule has 2 aliphatic rings. The first-order valence-corrected chi connectivity index (χ1v) is 16.2. The second-order valence-electron chi connectivity index (χ2n) is 11.8. The lowest BCUT2D eigenvalue weighted by molar-refractivity contribution is -0.383. The lowest BCUT2D eigenvalue weighted by Gasteiger charge is -2.43. The molecule has 0 aromatic heterocycles. The van der Waals surface area contributed by atoms with Crippen LogP contribution in [0.2, 0.25) is 0 Å². The van der Waals surface area contributed by atoms with Crippen LogP contribution in [-0.2, 0) is 33.3 Å². The van der Waals surface area contributed by atoms with Gasteiger partial charge in [0, 0.05) is 12.2 Å². The van der Waals surface area contributed by atoms with Crippen molar-refractivity contribution in [3.05, 3.63) is 47.5 Å². The molecule has 2 saturated heterocycles. The van der Waals surface area contributed by atoms with Gasteiger partial charge >= 0.3 is 11.9 Å². The number of methoxy groups -OCH3 is 5. The van der Waals surface area contributed by atoms with E-state index < -0.39 is 86.6 Å². The Morgan fingerprint density at radius 1 is 0.722 bits per heavy atom. The third kappa shape index (κ3) is 9.14. The van der Waals surface area contributed by atoms with Crippen LogP contribution in [0.25, 0.3) is 12.2 Å². The molecule has 19 heteroatoms. The number of aromatic hydroxyl groups is 1. The van der Waals surface area contributed by atoms with Crippen LogP contribution in [-0.4, -0.2) is 158 Å². The van der Waals surface area contributed by atoms with Crippen molar-refractivity contribution in [2.45, 2.75) is 54.8 Å². The molecule has 19 nitrogen and oxygen atoms in total. The number of hydrogen-bond acceptors (Lipinski definition) is 19. The average Bonchev–Trinajstić information content (AvgIpc) is 3.44. The largest absolute Gasteiger partial charge is 0.502 e. The van der Waals surface area contributed by atoms with Crippen molar-refractivity contribution in [2.75, 3.05) is 55.4 Å². The second-order valence-corrected chi connectivity index (χ2v) is 11.8. The van der Waals surface area contributed by atoms with Crippen LogP contribution in [0.4, 0.5) is 0 Å². The number of aliphatic hydroxyl groups is 6. The highest BCUT2D eigenvalue weighted by Crippen LogP contribution is 2.40. The number of benzene rings is 2. The molecule has 2 fully saturated rings. The standard InChI is InChI=1S/C35H44O19/c1-45-19-10-17(11-20(46-2)27(19)40)6-8-25(38)50-15-24-28(41)30(43)31(44)34(51-24)54-35(16-37)33(29(42)23(14-36)53-35)52-26(39)9-7-18-12-21(47-3)32(49-5)22(13-18)48-4/h6-13,23-24,28-31,33-34,36-37,40-44H,14-16H2,1-5H3/b8-6+,9-7+/t23-,24-,28-,29-,30+,31-,33+,34-,35+/m0/s1. The number of ether oxygens (including phenoxy) is 10. The molecular formula is C35H44O19. The predicted molar refractivity (Wildman–Crippen MR) is 182 cm³/mol. The molecule has 7 N–H and O–H groups in total. The molecule has 2 aromatic carbocycles. The Morgan fingerprint density at radius 3 is 1.76 bits per heavy atom. The molecule has 9 atom stereocenters. The topological polar surface area (TPSA) is 268 Å². The number of hydrogen-bond donors (Lipinski definition) is 7. The smallest absolute Gasteiger partial charge is 0.331 e. The van der Waals surface area contributed by atoms with Crippen LogP contribution in [0.5, 0.6) is 34.5 Å². The normalized spacial score (nSPS) is 28.2. The summed E-state index contributed by atoms with van der Waals surface area (Å²) in [6, 6.07) is 5.92. The monoisotopic (exact) mass is 768 g/mol. The number of carbonyl (C=O) groups excluding carboxylic acids is 2. The van der Waals surface area contributed by atoms with Crippen LogP contribution in [0, 0.1) is 0 Å². The van der Waals surface area contributed by atoms with Gasteiger partial charge in [-0.1, -0.05) is 0 Å². The summed E-state index contributed by atoms with van der Waals surface area (Å²) in [5, 5.41) is 73.3. The van der Waals surface area contributed by atoms with Crippen molar-refractivity contribution in [1.29, 1.82) is 0 Å². The van der Waals surface area contributed by atoms with E-state index in [0.29, 0.717) is 28.4 Å². The van der Waals surface area contributed by atoms with Gasteiger partial charge in [-0.2, -0.15) is 0 Å². The van der Waals surface area contributed by atoms with Crippen molar-refractivity contribution in [3.63, 3.8) is 0 Å². The van der Waals surface area contributed by atoms with Gasteiger partial charge in [0.05, 0.1) is 42.2 Å². The zero-order chi connectivity index (χ0) is 39.7. The van der Waals surface area contributed by atoms with E-state index in [1.807, 2.05) is 0 Å². The summed E-state index contributed by atoms with van der Waals surface area (Å²) >= 11 is 0. The lowest BCUT2D eigenvalue weighted by Crippen LogP contribution is -2.63. The Balaban J connectivity index is 1.49. The number of phenolic OH excluding ortho intramolecular Hbond substituents is 1. The molecule has 0 spiro atoms. The zero-order valence-electron chi connectivity index (χ0n) is 29.9. The molecular weight excluding hydrogens is 724 g/mol. The average molecular weight is 769 g/mol. The predicted octanol–water partition coefficient (Wildman–Crippen LogP) is -1.12. The Morgan fingerprint density at radius 2 is 1.26 bits per heavy atom. The van der Waals surface area contributed by atoms with E-state index >= 15 is 0 Å². The molecule has 298 valence electrons. The minimum atomic E-state index is -2.49. The number of aliphatic hydroxyl groups excluding tert-OH is 6. The van der Waals surface area contributed by atoms with Crippen molar-refractivity contribution < 1.29 is 92.7 Å². The van der Waals surface area contributed by atoms with E-state index in [4.69, 9.17) is 47.4 Å². The maximum Gasteiger partial charge on any atom is 0.331 e. The van der Waals surface area contributed by atoms with Crippen LogP contribution < -0.4 is 23.7 Å². The summed E-state index contributed by atoms with van der Waals surface area (Å²) in [4.78, 5) is 25.6. The minimum absolute atomic E-state index is 0.0773. The lowest BCUT2D eigenvalue weighted by atomic mass is 9.98. The molecule has 0 aliphatic carbocycles. The fraction of sp³-hybridized carbons (Fsp3) is 0.486. The van der Waals surface area contributed by atoms with E-state index in [2.05, 4.69) is 0 Å². The molecule has 4 rings (SSSR count). The van der Waals surface area contributed by atoms with E-state index in [1.54, 1.807) is 0 Å². The first-order chi connectivity index (χ1) is 25.8. The fourth-order valence-corrected chi connectivity index (χ4v) is 5.67. The van der Waals surface area contributed by atoms with Crippen molar-refractivity contribution in [2.24, 2.45) is 0 Å². The van der Waals surface area contributed by atoms with E-state index in [-0.39, 0.29) is 17.2 Å².